The number of aliphatic hydroxyl groups excluding tert-OH is 2. The van der Waals surface area contributed by atoms with Crippen LogP contribution in [0.15, 0.2) is 66.7 Å². The number of rotatable bonds is 2. The van der Waals surface area contributed by atoms with Crippen LogP contribution in [0.1, 0.15) is 18.1 Å². The number of hydrogen-bond donors (Lipinski definition) is 2. The highest BCUT2D eigenvalue weighted by molar-refractivity contribution is 6.17. The Morgan fingerprint density at radius 2 is 1.50 bits per heavy atom. The van der Waals surface area contributed by atoms with Crippen molar-refractivity contribution in [1.82, 2.24) is 0 Å². The minimum Gasteiger partial charge on any atom is -0.394 e. The zero-order valence-corrected chi connectivity index (χ0v) is 14.3. The van der Waals surface area contributed by atoms with E-state index >= 15 is 0 Å². The molecule has 0 radical (unpaired) electrons. The SMILES string of the molecule is OC[C@H]1O[C@H](c2ccc3ccc4c5ccccc5ccc4c3c2)CC1O. The van der Waals surface area contributed by atoms with Crippen molar-refractivity contribution in [3.63, 3.8) is 0 Å². The first-order valence-corrected chi connectivity index (χ1v) is 9.03. The average Bonchev–Trinajstić information content (AvgIpc) is 3.07. The van der Waals surface area contributed by atoms with Crippen molar-refractivity contribution in [2.45, 2.75) is 24.7 Å². The number of hydrogen-bond acceptors (Lipinski definition) is 3. The second-order valence-corrected chi connectivity index (χ2v) is 7.08. The quantitative estimate of drug-likeness (QED) is 0.532. The van der Waals surface area contributed by atoms with Gasteiger partial charge in [0.15, 0.2) is 0 Å². The van der Waals surface area contributed by atoms with E-state index in [1.54, 1.807) is 0 Å². The molecule has 3 atom stereocenters. The summed E-state index contributed by atoms with van der Waals surface area (Å²) >= 11 is 0. The van der Waals surface area contributed by atoms with E-state index in [4.69, 9.17) is 4.74 Å². The van der Waals surface area contributed by atoms with Gasteiger partial charge in [-0.15, -0.1) is 0 Å². The third-order valence-corrected chi connectivity index (χ3v) is 5.54. The second-order valence-electron chi connectivity index (χ2n) is 7.08. The van der Waals surface area contributed by atoms with Crippen molar-refractivity contribution >= 4 is 32.3 Å². The molecule has 1 heterocycles. The normalized spacial score (nSPS) is 23.2. The summed E-state index contributed by atoms with van der Waals surface area (Å²) in [5.74, 6) is 0. The Morgan fingerprint density at radius 3 is 2.27 bits per heavy atom. The molecule has 0 aromatic heterocycles. The summed E-state index contributed by atoms with van der Waals surface area (Å²) in [5, 5.41) is 26.7. The van der Waals surface area contributed by atoms with Crippen molar-refractivity contribution in [1.29, 1.82) is 0 Å². The summed E-state index contributed by atoms with van der Waals surface area (Å²) in [7, 11) is 0. The monoisotopic (exact) mass is 344 g/mol. The smallest absolute Gasteiger partial charge is 0.107 e. The van der Waals surface area contributed by atoms with Crippen molar-refractivity contribution in [3.05, 3.63) is 72.3 Å². The first-order chi connectivity index (χ1) is 12.7. The number of aliphatic hydroxyl groups is 2. The fraction of sp³-hybridized carbons (Fsp3) is 0.217. The molecular weight excluding hydrogens is 324 g/mol. The predicted octanol–water partition coefficient (Wildman–Crippen LogP) is 4.33. The maximum absolute atomic E-state index is 10.0. The second kappa shape index (κ2) is 6.06. The molecule has 0 amide bonds. The van der Waals surface area contributed by atoms with Crippen LogP contribution in [-0.4, -0.2) is 29.0 Å². The fourth-order valence-electron chi connectivity index (χ4n) is 4.14. The van der Waals surface area contributed by atoms with Gasteiger partial charge in [-0.3, -0.25) is 0 Å². The molecule has 0 bridgehead atoms. The van der Waals surface area contributed by atoms with E-state index < -0.39 is 12.2 Å². The van der Waals surface area contributed by atoms with Gasteiger partial charge in [0.2, 0.25) is 0 Å². The van der Waals surface area contributed by atoms with Gasteiger partial charge in [-0.25, -0.2) is 0 Å². The third-order valence-electron chi connectivity index (χ3n) is 5.54. The maximum Gasteiger partial charge on any atom is 0.107 e. The van der Waals surface area contributed by atoms with E-state index in [-0.39, 0.29) is 12.7 Å². The molecule has 1 aliphatic rings. The van der Waals surface area contributed by atoms with Gasteiger partial charge in [-0.1, -0.05) is 60.7 Å². The van der Waals surface area contributed by atoms with Crippen LogP contribution in [-0.2, 0) is 4.74 Å². The van der Waals surface area contributed by atoms with Crippen molar-refractivity contribution < 1.29 is 14.9 Å². The van der Waals surface area contributed by atoms with E-state index in [1.165, 1.54) is 32.3 Å². The highest BCUT2D eigenvalue weighted by atomic mass is 16.5. The van der Waals surface area contributed by atoms with Crippen LogP contribution in [0.4, 0.5) is 0 Å². The Bertz CT molecular complexity index is 1120. The summed E-state index contributed by atoms with van der Waals surface area (Å²) in [5.41, 5.74) is 1.05. The third kappa shape index (κ3) is 2.40. The first-order valence-electron chi connectivity index (χ1n) is 9.03. The van der Waals surface area contributed by atoms with E-state index in [0.29, 0.717) is 6.42 Å². The van der Waals surface area contributed by atoms with Crippen LogP contribution in [0.3, 0.4) is 0 Å². The Balaban J connectivity index is 1.69. The molecule has 3 heteroatoms. The molecule has 4 aromatic rings. The molecule has 1 fully saturated rings. The molecule has 26 heavy (non-hydrogen) atoms. The Labute approximate surface area is 151 Å². The topological polar surface area (TPSA) is 49.7 Å². The van der Waals surface area contributed by atoms with Crippen LogP contribution >= 0.6 is 0 Å². The van der Waals surface area contributed by atoms with Gasteiger partial charge in [0.05, 0.1) is 18.8 Å². The van der Waals surface area contributed by atoms with Gasteiger partial charge in [0, 0.05) is 6.42 Å². The van der Waals surface area contributed by atoms with Crippen LogP contribution in [0.2, 0.25) is 0 Å². The largest absolute Gasteiger partial charge is 0.394 e. The molecule has 5 rings (SSSR count). The fourth-order valence-corrected chi connectivity index (χ4v) is 4.14. The minimum absolute atomic E-state index is 0.153. The average molecular weight is 344 g/mol. The first kappa shape index (κ1) is 15.8. The van der Waals surface area contributed by atoms with Crippen molar-refractivity contribution in [3.8, 4) is 0 Å². The predicted molar refractivity (Wildman–Crippen MR) is 104 cm³/mol. The molecule has 2 N–H and O–H groups in total. The maximum atomic E-state index is 10.0. The lowest BCUT2D eigenvalue weighted by Crippen LogP contribution is -2.24. The molecule has 0 aliphatic carbocycles. The molecule has 130 valence electrons. The Hall–Kier alpha value is -2.46. The van der Waals surface area contributed by atoms with Crippen LogP contribution < -0.4 is 0 Å². The molecule has 1 saturated heterocycles. The van der Waals surface area contributed by atoms with Crippen molar-refractivity contribution in [2.75, 3.05) is 6.61 Å². The molecule has 3 nitrogen and oxygen atoms in total. The van der Waals surface area contributed by atoms with Gasteiger partial charge < -0.3 is 14.9 Å². The van der Waals surface area contributed by atoms with Crippen LogP contribution in [0.25, 0.3) is 32.3 Å². The zero-order chi connectivity index (χ0) is 17.7. The summed E-state index contributed by atoms with van der Waals surface area (Å²) in [6, 6.07) is 23.5. The summed E-state index contributed by atoms with van der Waals surface area (Å²) in [6.45, 7) is -0.153. The Kier molecular flexibility index (Phi) is 3.68. The zero-order valence-electron chi connectivity index (χ0n) is 14.3. The van der Waals surface area contributed by atoms with Gasteiger partial charge in [0.1, 0.15) is 6.10 Å². The van der Waals surface area contributed by atoms with E-state index in [9.17, 15) is 10.2 Å². The van der Waals surface area contributed by atoms with E-state index in [0.717, 1.165) is 5.56 Å². The molecule has 1 unspecified atom stereocenters. The summed E-state index contributed by atoms with van der Waals surface area (Å²) in [4.78, 5) is 0. The molecule has 1 aliphatic heterocycles. The van der Waals surface area contributed by atoms with Crippen LogP contribution in [0.5, 0.6) is 0 Å². The number of ether oxygens (including phenoxy) is 1. The van der Waals surface area contributed by atoms with Crippen molar-refractivity contribution in [2.24, 2.45) is 0 Å². The number of benzene rings is 4. The molecular formula is C23H20O3. The highest BCUT2D eigenvalue weighted by Gasteiger charge is 2.34. The lowest BCUT2D eigenvalue weighted by molar-refractivity contribution is -0.0225. The summed E-state index contributed by atoms with van der Waals surface area (Å²) in [6.07, 6.45) is -0.767. The van der Waals surface area contributed by atoms with Crippen LogP contribution in [0, 0.1) is 0 Å². The van der Waals surface area contributed by atoms with Gasteiger partial charge in [0.25, 0.3) is 0 Å². The molecule has 0 saturated carbocycles. The molecule has 0 spiro atoms. The highest BCUT2D eigenvalue weighted by Crippen LogP contribution is 2.37. The van der Waals surface area contributed by atoms with E-state index in [2.05, 4.69) is 66.7 Å². The molecule has 4 aromatic carbocycles. The standard InChI is InChI=1S/C23H20O3/c24-13-23-21(25)12-22(26-23)16-6-5-15-8-9-18-17-4-2-1-3-14(17)7-10-19(18)20(15)11-16/h1-11,21-25H,12-13H2/t21?,22-,23+/m0/s1. The Morgan fingerprint density at radius 1 is 0.808 bits per heavy atom. The van der Waals surface area contributed by atoms with Gasteiger partial charge in [-0.2, -0.15) is 0 Å². The summed E-state index contributed by atoms with van der Waals surface area (Å²) < 4.78 is 5.84. The minimum atomic E-state index is -0.614. The lowest BCUT2D eigenvalue weighted by atomic mass is 9.94. The number of fused-ring (bicyclic) bond motifs is 5. The van der Waals surface area contributed by atoms with Gasteiger partial charge in [-0.05, 0) is 43.9 Å². The van der Waals surface area contributed by atoms with Gasteiger partial charge >= 0.3 is 0 Å². The lowest BCUT2D eigenvalue weighted by Gasteiger charge is -2.14. The van der Waals surface area contributed by atoms with E-state index in [1.807, 2.05) is 0 Å².